The van der Waals surface area contributed by atoms with Crippen molar-refractivity contribution in [2.45, 2.75) is 13.5 Å². The number of fused-ring (bicyclic) bond motifs is 2. The van der Waals surface area contributed by atoms with Crippen LogP contribution in [-0.2, 0) is 6.54 Å². The summed E-state index contributed by atoms with van der Waals surface area (Å²) in [4.78, 5) is 0. The Hall–Kier alpha value is -3.72. The molecule has 0 aliphatic rings. The van der Waals surface area contributed by atoms with Gasteiger partial charge in [-0.1, -0.05) is 42.5 Å². The second kappa shape index (κ2) is 7.27. The van der Waals surface area contributed by atoms with Gasteiger partial charge in [0.05, 0.1) is 12.6 Å². The van der Waals surface area contributed by atoms with E-state index in [-0.39, 0.29) is 0 Å². The number of allylic oxidation sites excluding steroid dienone is 1. The molecule has 0 saturated heterocycles. The number of methoxy groups -OCH3 is 1. The maximum Gasteiger partial charge on any atom is 0.135 e. The Morgan fingerprint density at radius 1 is 1.00 bits per heavy atom. The molecule has 3 aromatic carbocycles. The van der Waals surface area contributed by atoms with E-state index in [1.807, 2.05) is 30.3 Å². The Morgan fingerprint density at radius 2 is 1.83 bits per heavy atom. The van der Waals surface area contributed by atoms with Gasteiger partial charge in [0.25, 0.3) is 0 Å². The van der Waals surface area contributed by atoms with E-state index in [1.165, 1.54) is 22.1 Å². The van der Waals surface area contributed by atoms with Crippen LogP contribution in [0, 0.1) is 6.92 Å². The molecule has 0 aliphatic carbocycles. The van der Waals surface area contributed by atoms with Crippen molar-refractivity contribution in [1.82, 2.24) is 4.57 Å². The van der Waals surface area contributed by atoms with Crippen molar-refractivity contribution in [1.29, 1.82) is 0 Å². The molecule has 0 amide bonds. The van der Waals surface area contributed by atoms with Crippen LogP contribution in [0.1, 0.15) is 5.56 Å². The van der Waals surface area contributed by atoms with E-state index >= 15 is 0 Å². The molecule has 0 aliphatic heterocycles. The number of hydrogen-bond acceptors (Lipinski definition) is 2. The molecule has 2 heterocycles. The third kappa shape index (κ3) is 2.91. The maximum atomic E-state index is 6.23. The lowest BCUT2D eigenvalue weighted by molar-refractivity contribution is 0.415. The molecular formula is C27H23NO2. The summed E-state index contributed by atoms with van der Waals surface area (Å²) in [6.07, 6.45) is 4.13. The average molecular weight is 393 g/mol. The van der Waals surface area contributed by atoms with E-state index in [9.17, 15) is 0 Å². The van der Waals surface area contributed by atoms with Crippen LogP contribution in [0.4, 0.5) is 0 Å². The summed E-state index contributed by atoms with van der Waals surface area (Å²) < 4.78 is 13.9. The molecule has 5 aromatic rings. The lowest BCUT2D eigenvalue weighted by atomic mass is 9.96. The SMILES string of the molecule is C=CCn1cc(-c2c(C)ccc3oc(-c4ccccc4)cc23)c2ccc(OC)cc21. The van der Waals surface area contributed by atoms with Crippen LogP contribution < -0.4 is 4.74 Å². The number of aryl methyl sites for hydroxylation is 1. The summed E-state index contributed by atoms with van der Waals surface area (Å²) in [6.45, 7) is 6.82. The van der Waals surface area contributed by atoms with Gasteiger partial charge in [0.1, 0.15) is 17.1 Å². The van der Waals surface area contributed by atoms with Gasteiger partial charge in [0.15, 0.2) is 0 Å². The number of hydrogen-bond donors (Lipinski definition) is 0. The van der Waals surface area contributed by atoms with E-state index < -0.39 is 0 Å². The first-order valence-corrected chi connectivity index (χ1v) is 10.1. The molecule has 0 N–H and O–H groups in total. The van der Waals surface area contributed by atoms with Crippen molar-refractivity contribution >= 4 is 21.9 Å². The van der Waals surface area contributed by atoms with Crippen LogP contribution in [0.5, 0.6) is 5.75 Å². The normalized spacial score (nSPS) is 11.3. The van der Waals surface area contributed by atoms with Crippen molar-refractivity contribution in [3.8, 4) is 28.2 Å². The van der Waals surface area contributed by atoms with E-state index in [1.54, 1.807) is 7.11 Å². The van der Waals surface area contributed by atoms with Gasteiger partial charge in [-0.2, -0.15) is 0 Å². The lowest BCUT2D eigenvalue weighted by Crippen LogP contribution is -1.92. The first-order valence-electron chi connectivity index (χ1n) is 10.1. The smallest absolute Gasteiger partial charge is 0.135 e. The zero-order valence-electron chi connectivity index (χ0n) is 17.2. The minimum Gasteiger partial charge on any atom is -0.497 e. The van der Waals surface area contributed by atoms with Crippen molar-refractivity contribution in [3.05, 3.63) is 91.1 Å². The lowest BCUT2D eigenvalue weighted by Gasteiger charge is -2.06. The summed E-state index contributed by atoms with van der Waals surface area (Å²) in [5.41, 5.74) is 6.72. The van der Waals surface area contributed by atoms with E-state index in [4.69, 9.17) is 9.15 Å². The summed E-state index contributed by atoms with van der Waals surface area (Å²) in [5, 5.41) is 2.32. The fourth-order valence-electron chi connectivity index (χ4n) is 4.21. The molecule has 3 heteroatoms. The minimum atomic E-state index is 0.735. The van der Waals surface area contributed by atoms with Gasteiger partial charge in [0.2, 0.25) is 0 Å². The summed E-state index contributed by atoms with van der Waals surface area (Å²) in [6, 6.07) is 22.8. The number of furan rings is 1. The predicted molar refractivity (Wildman–Crippen MR) is 124 cm³/mol. The highest BCUT2D eigenvalue weighted by atomic mass is 16.5. The van der Waals surface area contributed by atoms with Crippen LogP contribution in [0.2, 0.25) is 0 Å². The molecule has 0 unspecified atom stereocenters. The van der Waals surface area contributed by atoms with Gasteiger partial charge in [-0.05, 0) is 42.3 Å². The van der Waals surface area contributed by atoms with Gasteiger partial charge < -0.3 is 13.7 Å². The molecule has 0 radical (unpaired) electrons. The monoisotopic (exact) mass is 393 g/mol. The second-order valence-corrected chi connectivity index (χ2v) is 7.51. The number of ether oxygens (including phenoxy) is 1. The van der Waals surface area contributed by atoms with Crippen LogP contribution in [0.15, 0.2) is 90.0 Å². The highest BCUT2D eigenvalue weighted by molar-refractivity contribution is 6.06. The molecule has 0 spiro atoms. The fraction of sp³-hybridized carbons (Fsp3) is 0.111. The van der Waals surface area contributed by atoms with Crippen molar-refractivity contribution in [3.63, 3.8) is 0 Å². The Bertz CT molecular complexity index is 1370. The maximum absolute atomic E-state index is 6.23. The molecule has 0 atom stereocenters. The third-order valence-electron chi connectivity index (χ3n) is 5.65. The summed E-state index contributed by atoms with van der Waals surface area (Å²) >= 11 is 0. The molecule has 2 aromatic heterocycles. The Balaban J connectivity index is 1.79. The van der Waals surface area contributed by atoms with E-state index in [0.29, 0.717) is 0 Å². The number of aromatic nitrogens is 1. The first kappa shape index (κ1) is 18.3. The quantitative estimate of drug-likeness (QED) is 0.295. The average Bonchev–Trinajstić information content (AvgIpc) is 3.36. The molecular weight excluding hydrogens is 370 g/mol. The number of rotatable bonds is 5. The van der Waals surface area contributed by atoms with Crippen LogP contribution in [-0.4, -0.2) is 11.7 Å². The summed E-state index contributed by atoms with van der Waals surface area (Å²) in [5.74, 6) is 1.73. The standard InChI is InChI=1S/C27H23NO2/c1-4-14-28-17-23(21-12-11-20(29-3)15-24(21)28)27-18(2)10-13-25-22(27)16-26(30-25)19-8-6-5-7-9-19/h4-13,15-17H,1,14H2,2-3H3. The second-order valence-electron chi connectivity index (χ2n) is 7.51. The van der Waals surface area contributed by atoms with Crippen LogP contribution in [0.25, 0.3) is 44.3 Å². The van der Waals surface area contributed by atoms with Gasteiger partial charge in [0, 0.05) is 40.7 Å². The minimum absolute atomic E-state index is 0.735. The van der Waals surface area contributed by atoms with Crippen molar-refractivity contribution in [2.75, 3.05) is 7.11 Å². The molecule has 0 bridgehead atoms. The molecule has 0 fully saturated rings. The van der Waals surface area contributed by atoms with E-state index in [2.05, 4.69) is 66.7 Å². The Kier molecular flexibility index (Phi) is 4.44. The Morgan fingerprint density at radius 3 is 2.60 bits per heavy atom. The molecule has 0 saturated carbocycles. The van der Waals surface area contributed by atoms with Crippen molar-refractivity contribution in [2.24, 2.45) is 0 Å². The number of nitrogens with zero attached hydrogens (tertiary/aromatic N) is 1. The van der Waals surface area contributed by atoms with Gasteiger partial charge >= 0.3 is 0 Å². The zero-order valence-corrected chi connectivity index (χ0v) is 17.2. The topological polar surface area (TPSA) is 27.3 Å². The van der Waals surface area contributed by atoms with Gasteiger partial charge in [-0.3, -0.25) is 0 Å². The fourth-order valence-corrected chi connectivity index (χ4v) is 4.21. The van der Waals surface area contributed by atoms with Crippen LogP contribution >= 0.6 is 0 Å². The molecule has 3 nitrogen and oxygen atoms in total. The molecule has 148 valence electrons. The number of benzene rings is 3. The third-order valence-corrected chi connectivity index (χ3v) is 5.65. The molecule has 30 heavy (non-hydrogen) atoms. The highest BCUT2D eigenvalue weighted by Gasteiger charge is 2.18. The largest absolute Gasteiger partial charge is 0.497 e. The predicted octanol–water partition coefficient (Wildman–Crippen LogP) is 7.22. The van der Waals surface area contributed by atoms with Crippen LogP contribution in [0.3, 0.4) is 0 Å². The first-order chi connectivity index (χ1) is 14.7. The van der Waals surface area contributed by atoms with Gasteiger partial charge in [-0.25, -0.2) is 0 Å². The molecule has 5 rings (SSSR count). The highest BCUT2D eigenvalue weighted by Crippen LogP contribution is 2.41. The summed E-state index contributed by atoms with van der Waals surface area (Å²) in [7, 11) is 1.70. The van der Waals surface area contributed by atoms with E-state index in [0.717, 1.165) is 40.1 Å². The van der Waals surface area contributed by atoms with Gasteiger partial charge in [-0.15, -0.1) is 6.58 Å². The zero-order chi connectivity index (χ0) is 20.7. The Labute approximate surface area is 175 Å². The van der Waals surface area contributed by atoms with Crippen molar-refractivity contribution < 1.29 is 9.15 Å².